The van der Waals surface area contributed by atoms with E-state index in [4.69, 9.17) is 4.74 Å². The van der Waals surface area contributed by atoms with Crippen molar-refractivity contribution in [3.8, 4) is 5.75 Å². The Bertz CT molecular complexity index is 860. The van der Waals surface area contributed by atoms with Crippen molar-refractivity contribution in [3.63, 3.8) is 0 Å². The van der Waals surface area contributed by atoms with Crippen LogP contribution in [0.15, 0.2) is 48.5 Å². The fourth-order valence-electron chi connectivity index (χ4n) is 3.59. The van der Waals surface area contributed by atoms with Gasteiger partial charge in [-0.25, -0.2) is 0 Å². The van der Waals surface area contributed by atoms with E-state index in [1.807, 2.05) is 12.1 Å². The van der Waals surface area contributed by atoms with Crippen LogP contribution >= 0.6 is 0 Å². The van der Waals surface area contributed by atoms with Gasteiger partial charge in [-0.3, -0.25) is 14.5 Å². The van der Waals surface area contributed by atoms with Crippen molar-refractivity contribution in [3.05, 3.63) is 65.2 Å². The van der Waals surface area contributed by atoms with Gasteiger partial charge >= 0.3 is 0 Å². The molecule has 1 N–H and O–H groups in total. The highest BCUT2D eigenvalue weighted by atomic mass is 16.5. The number of hydrogen-bond acceptors (Lipinski definition) is 5. The number of likely N-dealkylation sites (N-methyl/N-ethyl adjacent to an activating group) is 1. The Labute approximate surface area is 178 Å². The molecule has 0 spiro atoms. The molecule has 0 atom stereocenters. The first-order chi connectivity index (χ1) is 14.5. The maximum atomic E-state index is 12.3. The lowest BCUT2D eigenvalue weighted by Gasteiger charge is -2.34. The van der Waals surface area contributed by atoms with E-state index < -0.39 is 0 Å². The topological polar surface area (TPSA) is 61.9 Å². The van der Waals surface area contributed by atoms with Crippen molar-refractivity contribution in [1.82, 2.24) is 15.1 Å². The number of Topliss-reactive ketones (excluding diaryl/α,β-unsaturated/α-hetero) is 1. The maximum Gasteiger partial charge on any atom is 0.258 e. The van der Waals surface area contributed by atoms with E-state index in [0.717, 1.165) is 44.8 Å². The molecule has 0 bridgehead atoms. The molecule has 1 heterocycles. The zero-order valence-electron chi connectivity index (χ0n) is 17.9. The van der Waals surface area contributed by atoms with E-state index in [1.54, 1.807) is 24.3 Å². The van der Waals surface area contributed by atoms with Crippen LogP contribution < -0.4 is 10.1 Å². The summed E-state index contributed by atoms with van der Waals surface area (Å²) in [5, 5.41) is 2.94. The summed E-state index contributed by atoms with van der Waals surface area (Å²) in [5.74, 6) is 0.302. The molecule has 2 aromatic carbocycles. The first-order valence-corrected chi connectivity index (χ1v) is 10.6. The summed E-state index contributed by atoms with van der Waals surface area (Å²) in [6, 6.07) is 15.1. The van der Waals surface area contributed by atoms with E-state index >= 15 is 0 Å². The number of piperazine rings is 1. The number of nitrogens with zero attached hydrogens (tertiary/aromatic N) is 2. The molecule has 6 nitrogen and oxygen atoms in total. The number of ether oxygens (including phenoxy) is 1. The highest BCUT2D eigenvalue weighted by Crippen LogP contribution is 2.15. The van der Waals surface area contributed by atoms with Crippen LogP contribution in [0.5, 0.6) is 5.75 Å². The molecule has 0 saturated carbocycles. The van der Waals surface area contributed by atoms with E-state index in [9.17, 15) is 9.59 Å². The number of benzene rings is 2. The molecule has 2 aromatic rings. The predicted octanol–water partition coefficient (Wildman–Crippen LogP) is 2.72. The van der Waals surface area contributed by atoms with Crippen molar-refractivity contribution in [2.24, 2.45) is 0 Å². The monoisotopic (exact) mass is 409 g/mol. The summed E-state index contributed by atoms with van der Waals surface area (Å²) in [4.78, 5) is 28.7. The second kappa shape index (κ2) is 10.9. The molecule has 0 aliphatic carbocycles. The van der Waals surface area contributed by atoms with Crippen molar-refractivity contribution in [1.29, 1.82) is 0 Å². The Morgan fingerprint density at radius 2 is 1.67 bits per heavy atom. The van der Waals surface area contributed by atoms with Crippen LogP contribution in [-0.4, -0.2) is 60.8 Å². The molecule has 1 saturated heterocycles. The molecule has 1 aliphatic rings. The summed E-state index contributed by atoms with van der Waals surface area (Å²) in [6.45, 7) is 10.5. The molecule has 1 fully saturated rings. The molecule has 6 heteroatoms. The van der Waals surface area contributed by atoms with Crippen molar-refractivity contribution in [2.75, 3.05) is 39.3 Å². The van der Waals surface area contributed by atoms with Gasteiger partial charge in [0.05, 0.1) is 0 Å². The van der Waals surface area contributed by atoms with Crippen molar-refractivity contribution in [2.45, 2.75) is 26.9 Å². The molecular weight excluding hydrogens is 378 g/mol. The van der Waals surface area contributed by atoms with Gasteiger partial charge in [0.1, 0.15) is 5.75 Å². The largest absolute Gasteiger partial charge is 0.484 e. The third kappa shape index (κ3) is 6.40. The molecule has 3 rings (SSSR count). The second-order valence-corrected chi connectivity index (χ2v) is 7.63. The lowest BCUT2D eigenvalue weighted by Crippen LogP contribution is -2.45. The lowest BCUT2D eigenvalue weighted by molar-refractivity contribution is -0.123. The molecular formula is C24H31N3O3. The van der Waals surface area contributed by atoms with Crippen LogP contribution in [0.25, 0.3) is 0 Å². The fraction of sp³-hybridized carbons (Fsp3) is 0.417. The standard InChI is InChI=1S/C24H31N3O3/c1-3-26-11-13-27(14-12-26)17-22-8-5-4-7-21(22)16-25-24(29)18-30-23-10-6-9-20(15-23)19(2)28/h4-10,15H,3,11-14,16-18H2,1-2H3,(H,25,29). The van der Waals surface area contributed by atoms with E-state index in [0.29, 0.717) is 17.9 Å². The van der Waals surface area contributed by atoms with Crippen LogP contribution in [0.4, 0.5) is 0 Å². The van der Waals surface area contributed by atoms with Gasteiger partial charge in [0, 0.05) is 44.8 Å². The summed E-state index contributed by atoms with van der Waals surface area (Å²) < 4.78 is 5.54. The zero-order valence-corrected chi connectivity index (χ0v) is 17.9. The Balaban J connectivity index is 1.49. The molecule has 160 valence electrons. The number of carbonyl (C=O) groups excluding carboxylic acids is 2. The normalized spacial score (nSPS) is 15.0. The second-order valence-electron chi connectivity index (χ2n) is 7.63. The minimum absolute atomic E-state index is 0.0300. The number of rotatable bonds is 9. The van der Waals surface area contributed by atoms with Gasteiger partial charge in [-0.05, 0) is 36.7 Å². The van der Waals surface area contributed by atoms with Gasteiger partial charge in [0.25, 0.3) is 5.91 Å². The Morgan fingerprint density at radius 1 is 0.967 bits per heavy atom. The van der Waals surface area contributed by atoms with Crippen molar-refractivity contribution < 1.29 is 14.3 Å². The average Bonchev–Trinajstić information content (AvgIpc) is 2.78. The average molecular weight is 410 g/mol. The predicted molar refractivity (Wildman–Crippen MR) is 118 cm³/mol. The minimum atomic E-state index is -0.186. The number of nitrogens with one attached hydrogen (secondary N) is 1. The van der Waals surface area contributed by atoms with Gasteiger partial charge in [0.15, 0.2) is 12.4 Å². The minimum Gasteiger partial charge on any atom is -0.484 e. The van der Waals surface area contributed by atoms with Gasteiger partial charge in [-0.15, -0.1) is 0 Å². The van der Waals surface area contributed by atoms with Crippen LogP contribution in [0, 0.1) is 0 Å². The summed E-state index contributed by atoms with van der Waals surface area (Å²) in [5.41, 5.74) is 2.95. The van der Waals surface area contributed by atoms with Gasteiger partial charge in [-0.2, -0.15) is 0 Å². The van der Waals surface area contributed by atoms with E-state index in [-0.39, 0.29) is 18.3 Å². The number of hydrogen-bond donors (Lipinski definition) is 1. The summed E-state index contributed by atoms with van der Waals surface area (Å²) in [7, 11) is 0. The van der Waals surface area contributed by atoms with Crippen LogP contribution in [0.3, 0.4) is 0 Å². The molecule has 0 radical (unpaired) electrons. The SMILES string of the molecule is CCN1CCN(Cc2ccccc2CNC(=O)COc2cccc(C(C)=O)c2)CC1. The Kier molecular flexibility index (Phi) is 7.99. The highest BCUT2D eigenvalue weighted by molar-refractivity contribution is 5.94. The fourth-order valence-corrected chi connectivity index (χ4v) is 3.59. The Hall–Kier alpha value is -2.70. The van der Waals surface area contributed by atoms with Crippen LogP contribution in [0.2, 0.25) is 0 Å². The van der Waals surface area contributed by atoms with Gasteiger partial charge < -0.3 is 15.0 Å². The van der Waals surface area contributed by atoms with E-state index in [1.165, 1.54) is 12.5 Å². The molecule has 0 aromatic heterocycles. The number of carbonyl (C=O) groups is 2. The lowest BCUT2D eigenvalue weighted by atomic mass is 10.1. The van der Waals surface area contributed by atoms with Crippen LogP contribution in [0.1, 0.15) is 35.3 Å². The van der Waals surface area contributed by atoms with Crippen LogP contribution in [-0.2, 0) is 17.9 Å². The third-order valence-electron chi connectivity index (χ3n) is 5.51. The molecule has 0 unspecified atom stereocenters. The third-order valence-corrected chi connectivity index (χ3v) is 5.51. The molecule has 1 aliphatic heterocycles. The Morgan fingerprint density at radius 3 is 2.37 bits per heavy atom. The molecule has 30 heavy (non-hydrogen) atoms. The smallest absolute Gasteiger partial charge is 0.258 e. The summed E-state index contributed by atoms with van der Waals surface area (Å²) in [6.07, 6.45) is 0. The quantitative estimate of drug-likeness (QED) is 0.646. The maximum absolute atomic E-state index is 12.3. The number of amides is 1. The first-order valence-electron chi connectivity index (χ1n) is 10.6. The van der Waals surface area contributed by atoms with Gasteiger partial charge in [-0.1, -0.05) is 43.3 Å². The zero-order chi connectivity index (χ0) is 21.3. The highest BCUT2D eigenvalue weighted by Gasteiger charge is 2.16. The molecule has 1 amide bonds. The summed E-state index contributed by atoms with van der Waals surface area (Å²) >= 11 is 0. The first kappa shape index (κ1) is 22.0. The van der Waals surface area contributed by atoms with E-state index in [2.05, 4.69) is 34.2 Å². The van der Waals surface area contributed by atoms with Gasteiger partial charge in [0.2, 0.25) is 0 Å². The number of ketones is 1. The van der Waals surface area contributed by atoms with Crippen molar-refractivity contribution >= 4 is 11.7 Å².